The summed E-state index contributed by atoms with van der Waals surface area (Å²) in [4.78, 5) is 6.44. The molecule has 184 valence electrons. The van der Waals surface area contributed by atoms with E-state index in [9.17, 15) is 13.2 Å². The summed E-state index contributed by atoms with van der Waals surface area (Å²) < 4.78 is 44.9. The second-order valence-electron chi connectivity index (χ2n) is 9.14. The molecule has 9 heteroatoms. The van der Waals surface area contributed by atoms with E-state index in [1.54, 1.807) is 41.1 Å². The zero-order chi connectivity index (χ0) is 24.8. The third-order valence-corrected chi connectivity index (χ3v) is 6.90. The molecule has 1 saturated heterocycles. The predicted octanol–water partition coefficient (Wildman–Crippen LogP) is 6.21. The number of aromatic nitrogens is 4. The lowest BCUT2D eigenvalue weighted by atomic mass is 10.0. The maximum absolute atomic E-state index is 14.4. The Balaban J connectivity index is 1.19. The molecular formula is C27H25F3N6. The number of alkyl halides is 2. The molecular weight excluding hydrogens is 465 g/mol. The maximum Gasteiger partial charge on any atom is 0.321 e. The fraction of sp³-hybridized carbons (Fsp3) is 0.259. The first kappa shape index (κ1) is 22.5. The highest BCUT2D eigenvalue weighted by Gasteiger charge is 2.26. The first-order valence-electron chi connectivity index (χ1n) is 12.0. The number of nitrogens with one attached hydrogen (secondary N) is 1. The largest absolute Gasteiger partial charge is 0.382 e. The van der Waals surface area contributed by atoms with Crippen molar-refractivity contribution in [1.82, 2.24) is 19.3 Å². The van der Waals surface area contributed by atoms with E-state index < -0.39 is 6.55 Å². The number of anilines is 2. The fourth-order valence-corrected chi connectivity index (χ4v) is 5.11. The zero-order valence-corrected chi connectivity index (χ0v) is 19.7. The van der Waals surface area contributed by atoms with Crippen LogP contribution in [0.4, 0.5) is 24.8 Å². The topological polar surface area (TPSA) is 50.9 Å². The second-order valence-corrected chi connectivity index (χ2v) is 9.14. The van der Waals surface area contributed by atoms with Gasteiger partial charge in [0.25, 0.3) is 0 Å². The van der Waals surface area contributed by atoms with E-state index in [1.807, 2.05) is 36.2 Å². The molecule has 1 N–H and O–H groups in total. The molecule has 6 nitrogen and oxygen atoms in total. The third-order valence-electron chi connectivity index (χ3n) is 6.90. The van der Waals surface area contributed by atoms with Gasteiger partial charge >= 0.3 is 6.55 Å². The summed E-state index contributed by atoms with van der Waals surface area (Å²) in [5.41, 5.74) is 3.97. The van der Waals surface area contributed by atoms with Gasteiger partial charge in [-0.3, -0.25) is 9.25 Å². The minimum Gasteiger partial charge on any atom is -0.382 e. The van der Waals surface area contributed by atoms with Crippen LogP contribution >= 0.6 is 0 Å². The number of piperidine rings is 1. The molecule has 2 aromatic heterocycles. The average Bonchev–Trinajstić information content (AvgIpc) is 3.43. The van der Waals surface area contributed by atoms with Gasteiger partial charge in [-0.25, -0.2) is 9.37 Å². The third kappa shape index (κ3) is 3.84. The smallest absolute Gasteiger partial charge is 0.321 e. The highest BCUT2D eigenvalue weighted by Crippen LogP contribution is 2.33. The number of aryl methyl sites for hydroxylation is 1. The van der Waals surface area contributed by atoms with Crippen molar-refractivity contribution in [2.75, 3.05) is 23.3 Å². The van der Waals surface area contributed by atoms with Gasteiger partial charge in [-0.05, 0) is 55.3 Å². The van der Waals surface area contributed by atoms with Crippen molar-refractivity contribution < 1.29 is 13.2 Å². The number of halogens is 3. The molecule has 1 fully saturated rings. The lowest BCUT2D eigenvalue weighted by Gasteiger charge is -2.33. The van der Waals surface area contributed by atoms with Gasteiger partial charge in [0.1, 0.15) is 11.5 Å². The zero-order valence-electron chi connectivity index (χ0n) is 19.7. The van der Waals surface area contributed by atoms with Crippen molar-refractivity contribution in [3.63, 3.8) is 0 Å². The summed E-state index contributed by atoms with van der Waals surface area (Å²) in [5, 5.41) is 9.03. The number of imidazole rings is 1. The van der Waals surface area contributed by atoms with E-state index in [0.29, 0.717) is 41.3 Å². The quantitative estimate of drug-likeness (QED) is 0.319. The number of nitrogens with zero attached hydrogens (tertiary/aromatic N) is 5. The Labute approximate surface area is 206 Å². The van der Waals surface area contributed by atoms with E-state index in [1.165, 1.54) is 6.07 Å². The van der Waals surface area contributed by atoms with Gasteiger partial charge in [0.15, 0.2) is 0 Å². The van der Waals surface area contributed by atoms with Crippen molar-refractivity contribution in [2.24, 2.45) is 7.05 Å². The normalized spacial score (nSPS) is 14.9. The van der Waals surface area contributed by atoms with Crippen molar-refractivity contribution in [2.45, 2.75) is 25.4 Å². The monoisotopic (exact) mass is 490 g/mol. The summed E-state index contributed by atoms with van der Waals surface area (Å²) >= 11 is 0. The highest BCUT2D eigenvalue weighted by atomic mass is 19.3. The van der Waals surface area contributed by atoms with Crippen LogP contribution in [0.2, 0.25) is 0 Å². The van der Waals surface area contributed by atoms with E-state index in [2.05, 4.69) is 15.4 Å². The van der Waals surface area contributed by atoms with Crippen LogP contribution in [-0.4, -0.2) is 38.5 Å². The lowest BCUT2D eigenvalue weighted by molar-refractivity contribution is 0.0757. The van der Waals surface area contributed by atoms with E-state index in [0.717, 1.165) is 34.0 Å². The number of benzene rings is 3. The molecule has 36 heavy (non-hydrogen) atoms. The average molecular weight is 491 g/mol. The van der Waals surface area contributed by atoms with Crippen LogP contribution in [0.3, 0.4) is 0 Å². The Hall–Kier alpha value is -4.01. The number of fused-ring (bicyclic) bond motifs is 2. The molecule has 0 amide bonds. The molecule has 0 unspecified atom stereocenters. The molecule has 5 aromatic rings. The summed E-state index contributed by atoms with van der Waals surface area (Å²) in [7, 11) is 1.85. The maximum atomic E-state index is 14.4. The number of hydrogen-bond acceptors (Lipinski definition) is 4. The molecule has 0 saturated carbocycles. The molecule has 3 aromatic carbocycles. The van der Waals surface area contributed by atoms with Crippen molar-refractivity contribution in [3.05, 3.63) is 72.5 Å². The molecule has 0 aliphatic carbocycles. The molecule has 0 bridgehead atoms. The Morgan fingerprint density at radius 3 is 2.47 bits per heavy atom. The molecule has 1 aliphatic rings. The Bertz CT molecular complexity index is 1550. The molecule has 0 spiro atoms. The van der Waals surface area contributed by atoms with Gasteiger partial charge in [-0.15, -0.1) is 0 Å². The van der Waals surface area contributed by atoms with Gasteiger partial charge < -0.3 is 10.2 Å². The first-order chi connectivity index (χ1) is 17.5. The van der Waals surface area contributed by atoms with Gasteiger partial charge in [0.2, 0.25) is 5.95 Å². The van der Waals surface area contributed by atoms with E-state index in [4.69, 9.17) is 0 Å². The number of rotatable bonds is 5. The number of para-hydroxylation sites is 2. The van der Waals surface area contributed by atoms with Crippen molar-refractivity contribution in [3.8, 4) is 11.3 Å². The van der Waals surface area contributed by atoms with Crippen molar-refractivity contribution in [1.29, 1.82) is 0 Å². The Morgan fingerprint density at radius 2 is 1.69 bits per heavy atom. The van der Waals surface area contributed by atoms with E-state index in [-0.39, 0.29) is 11.9 Å². The Kier molecular flexibility index (Phi) is 5.55. The van der Waals surface area contributed by atoms with Gasteiger partial charge in [0.05, 0.1) is 16.6 Å². The number of hydrogen-bond donors (Lipinski definition) is 1. The summed E-state index contributed by atoms with van der Waals surface area (Å²) in [6.07, 6.45) is 1.58. The molecule has 0 radical (unpaired) electrons. The van der Waals surface area contributed by atoms with Crippen LogP contribution in [0.25, 0.3) is 33.2 Å². The molecule has 1 aliphatic heterocycles. The first-order valence-corrected chi connectivity index (χ1v) is 12.0. The minimum atomic E-state index is -2.65. The van der Waals surface area contributed by atoms with Gasteiger partial charge in [-0.2, -0.15) is 13.9 Å². The second kappa shape index (κ2) is 8.89. The SMILES string of the molecule is Cn1nc(-c2ccccc2F)c2ccc(NC3CCN(c4nc5ccccc5n4C(F)F)CC3)cc21. The van der Waals surface area contributed by atoms with Gasteiger partial charge in [-0.1, -0.05) is 24.3 Å². The lowest BCUT2D eigenvalue weighted by Crippen LogP contribution is -2.40. The molecule has 3 heterocycles. The highest BCUT2D eigenvalue weighted by molar-refractivity contribution is 5.95. The fourth-order valence-electron chi connectivity index (χ4n) is 5.11. The van der Waals surface area contributed by atoms with Gasteiger partial charge in [0, 0.05) is 42.8 Å². The van der Waals surface area contributed by atoms with Crippen LogP contribution in [0.5, 0.6) is 0 Å². The summed E-state index contributed by atoms with van der Waals surface area (Å²) in [6, 6.07) is 19.8. The van der Waals surface area contributed by atoms with Crippen LogP contribution < -0.4 is 10.2 Å². The predicted molar refractivity (Wildman–Crippen MR) is 136 cm³/mol. The minimum absolute atomic E-state index is 0.197. The van der Waals surface area contributed by atoms with Crippen molar-refractivity contribution >= 4 is 33.6 Å². The van der Waals surface area contributed by atoms with E-state index >= 15 is 0 Å². The summed E-state index contributed by atoms with van der Waals surface area (Å²) in [6.45, 7) is -1.40. The van der Waals surface area contributed by atoms with Crippen LogP contribution in [0, 0.1) is 5.82 Å². The van der Waals surface area contributed by atoms with Crippen LogP contribution in [0.15, 0.2) is 66.7 Å². The summed E-state index contributed by atoms with van der Waals surface area (Å²) in [5.74, 6) is 0.0217. The standard InChI is InChI=1S/C27H25F3N6/c1-34-24-16-18(10-11-20(24)25(33-34)19-6-2-3-7-21(19)28)31-17-12-14-35(15-13-17)27-32-22-8-4-5-9-23(22)36(27)26(29)30/h2-11,16-17,26,31H,12-15H2,1H3. The molecule has 0 atom stereocenters. The van der Waals surface area contributed by atoms with Crippen LogP contribution in [0.1, 0.15) is 19.4 Å². The van der Waals surface area contributed by atoms with Crippen LogP contribution in [-0.2, 0) is 7.05 Å². The molecule has 6 rings (SSSR count). The Morgan fingerprint density at radius 1 is 0.944 bits per heavy atom.